The van der Waals surface area contributed by atoms with Crippen LogP contribution >= 0.6 is 0 Å². The number of carbonyl (C=O) groups excluding carboxylic acids is 2. The molecule has 2 heterocycles. The Balaban J connectivity index is 2.14. The van der Waals surface area contributed by atoms with Gasteiger partial charge < -0.3 is 9.30 Å². The molecule has 0 radical (unpaired) electrons. The third-order valence-corrected chi connectivity index (χ3v) is 3.83. The molecule has 19 heavy (non-hydrogen) atoms. The second kappa shape index (κ2) is 4.23. The number of benzene rings is 1. The molecule has 0 N–H and O–H groups in total. The van der Waals surface area contributed by atoms with E-state index in [1.54, 1.807) is 0 Å². The Hall–Kier alpha value is -2.10. The summed E-state index contributed by atoms with van der Waals surface area (Å²) in [6.07, 6.45) is 1.99. The van der Waals surface area contributed by atoms with E-state index >= 15 is 0 Å². The fourth-order valence-corrected chi connectivity index (χ4v) is 2.91. The number of para-hydroxylation sites is 1. The zero-order valence-corrected chi connectivity index (χ0v) is 10.9. The minimum atomic E-state index is -0.661. The summed E-state index contributed by atoms with van der Waals surface area (Å²) in [5, 5.41) is 1.08. The minimum absolute atomic E-state index is 0.125. The lowest BCUT2D eigenvalue weighted by Gasteiger charge is -2.11. The van der Waals surface area contributed by atoms with E-state index < -0.39 is 11.9 Å². The number of Topliss-reactive ketones (excluding diaryl/α,β-unsaturated/α-hetero) is 1. The lowest BCUT2D eigenvalue weighted by atomic mass is 9.86. The zero-order chi connectivity index (χ0) is 13.6. The summed E-state index contributed by atoms with van der Waals surface area (Å²) in [6.45, 7) is 1.74. The van der Waals surface area contributed by atoms with Gasteiger partial charge in [0.15, 0.2) is 0 Å². The van der Waals surface area contributed by atoms with Crippen molar-refractivity contribution >= 4 is 22.7 Å². The Morgan fingerprint density at radius 2 is 2.11 bits per heavy atom. The van der Waals surface area contributed by atoms with Crippen LogP contribution in [0.25, 0.3) is 10.9 Å². The molecule has 0 amide bonds. The van der Waals surface area contributed by atoms with Crippen molar-refractivity contribution in [2.24, 2.45) is 13.0 Å². The van der Waals surface area contributed by atoms with Gasteiger partial charge in [-0.25, -0.2) is 0 Å². The molecule has 2 aromatic rings. The summed E-state index contributed by atoms with van der Waals surface area (Å²) in [4.78, 5) is 23.4. The minimum Gasteiger partial charge on any atom is -0.464 e. The number of rotatable bonds is 2. The number of ether oxygens (including phenoxy) is 1. The lowest BCUT2D eigenvalue weighted by Crippen LogP contribution is -2.22. The summed E-state index contributed by atoms with van der Waals surface area (Å²) >= 11 is 0. The van der Waals surface area contributed by atoms with Crippen LogP contribution in [0, 0.1) is 5.92 Å². The van der Waals surface area contributed by atoms with Gasteiger partial charge in [-0.3, -0.25) is 9.59 Å². The Bertz CT molecular complexity index is 671. The van der Waals surface area contributed by atoms with Crippen LogP contribution in [-0.4, -0.2) is 22.9 Å². The highest BCUT2D eigenvalue weighted by atomic mass is 16.5. The molecule has 2 atom stereocenters. The predicted octanol–water partition coefficient (Wildman–Crippen LogP) is 2.02. The van der Waals surface area contributed by atoms with E-state index in [4.69, 9.17) is 4.74 Å². The number of cyclic esters (lactones) is 1. The first-order chi connectivity index (χ1) is 9.09. The zero-order valence-electron chi connectivity index (χ0n) is 10.9. The Morgan fingerprint density at radius 1 is 1.37 bits per heavy atom. The van der Waals surface area contributed by atoms with Gasteiger partial charge in [0.2, 0.25) is 0 Å². The molecule has 1 aliphatic rings. The summed E-state index contributed by atoms with van der Waals surface area (Å²) in [5.41, 5.74) is 2.11. The van der Waals surface area contributed by atoms with Crippen molar-refractivity contribution in [1.82, 2.24) is 4.57 Å². The average Bonchev–Trinajstić information content (AvgIpc) is 2.91. The van der Waals surface area contributed by atoms with Gasteiger partial charge in [-0.1, -0.05) is 18.2 Å². The Morgan fingerprint density at radius 3 is 2.84 bits per heavy atom. The van der Waals surface area contributed by atoms with Gasteiger partial charge in [0.1, 0.15) is 11.7 Å². The van der Waals surface area contributed by atoms with Gasteiger partial charge >= 0.3 is 5.97 Å². The first kappa shape index (κ1) is 12.0. The molecule has 0 aliphatic carbocycles. The van der Waals surface area contributed by atoms with E-state index in [2.05, 4.69) is 0 Å². The van der Waals surface area contributed by atoms with Gasteiger partial charge in [-0.15, -0.1) is 0 Å². The lowest BCUT2D eigenvalue weighted by molar-refractivity contribution is -0.144. The standard InChI is InChI=1S/C15H15NO3/c1-9(17)14-12(8-19-15(14)18)11-7-16(2)13-6-4-3-5-10(11)13/h3-7,12,14H,8H2,1-2H3/t12?,14-/m1/s1. The number of ketones is 1. The molecule has 0 bridgehead atoms. The highest BCUT2D eigenvalue weighted by molar-refractivity contribution is 6.01. The van der Waals surface area contributed by atoms with Crippen LogP contribution in [0.4, 0.5) is 0 Å². The van der Waals surface area contributed by atoms with Crippen molar-refractivity contribution in [2.45, 2.75) is 12.8 Å². The largest absolute Gasteiger partial charge is 0.464 e. The number of fused-ring (bicyclic) bond motifs is 1. The molecular formula is C15H15NO3. The molecular weight excluding hydrogens is 242 g/mol. The van der Waals surface area contributed by atoms with Crippen molar-refractivity contribution in [1.29, 1.82) is 0 Å². The topological polar surface area (TPSA) is 48.3 Å². The molecule has 1 saturated heterocycles. The molecule has 0 spiro atoms. The maximum absolute atomic E-state index is 11.7. The van der Waals surface area contributed by atoms with E-state index in [9.17, 15) is 9.59 Å². The second-order valence-electron chi connectivity index (χ2n) is 5.04. The number of nitrogens with zero attached hydrogens (tertiary/aromatic N) is 1. The summed E-state index contributed by atoms with van der Waals surface area (Å²) in [7, 11) is 1.96. The maximum atomic E-state index is 11.7. The first-order valence-electron chi connectivity index (χ1n) is 6.30. The molecule has 1 aromatic carbocycles. The fourth-order valence-electron chi connectivity index (χ4n) is 2.91. The van der Waals surface area contributed by atoms with Gasteiger partial charge in [-0.2, -0.15) is 0 Å². The third-order valence-electron chi connectivity index (χ3n) is 3.83. The third kappa shape index (κ3) is 1.75. The van der Waals surface area contributed by atoms with Crippen LogP contribution in [0.1, 0.15) is 18.4 Å². The van der Waals surface area contributed by atoms with Crippen LogP contribution in [0.5, 0.6) is 0 Å². The van der Waals surface area contributed by atoms with Crippen molar-refractivity contribution in [3.8, 4) is 0 Å². The van der Waals surface area contributed by atoms with Crippen molar-refractivity contribution in [2.75, 3.05) is 6.61 Å². The first-order valence-corrected chi connectivity index (χ1v) is 6.30. The molecule has 0 saturated carbocycles. The number of esters is 1. The quantitative estimate of drug-likeness (QED) is 0.611. The second-order valence-corrected chi connectivity index (χ2v) is 5.04. The van der Waals surface area contributed by atoms with Crippen LogP contribution in [0.2, 0.25) is 0 Å². The van der Waals surface area contributed by atoms with Crippen molar-refractivity contribution in [3.63, 3.8) is 0 Å². The van der Waals surface area contributed by atoms with E-state index in [1.807, 2.05) is 42.1 Å². The van der Waals surface area contributed by atoms with Gasteiger partial charge in [-0.05, 0) is 18.6 Å². The van der Waals surface area contributed by atoms with E-state index in [0.717, 1.165) is 16.5 Å². The van der Waals surface area contributed by atoms with Crippen molar-refractivity contribution < 1.29 is 14.3 Å². The smallest absolute Gasteiger partial charge is 0.317 e. The molecule has 1 fully saturated rings. The van der Waals surface area contributed by atoms with Crippen molar-refractivity contribution in [3.05, 3.63) is 36.0 Å². The molecule has 1 unspecified atom stereocenters. The predicted molar refractivity (Wildman–Crippen MR) is 70.8 cm³/mol. The number of hydrogen-bond acceptors (Lipinski definition) is 3. The molecule has 3 rings (SSSR count). The molecule has 4 heteroatoms. The highest BCUT2D eigenvalue weighted by Crippen LogP contribution is 2.37. The van der Waals surface area contributed by atoms with Crippen LogP contribution < -0.4 is 0 Å². The highest BCUT2D eigenvalue weighted by Gasteiger charge is 2.42. The fraction of sp³-hybridized carbons (Fsp3) is 0.333. The van der Waals surface area contributed by atoms with Crippen LogP contribution in [-0.2, 0) is 21.4 Å². The Labute approximate surface area is 111 Å². The number of carbonyl (C=O) groups is 2. The SMILES string of the molecule is CC(=O)[C@H]1C(=O)OCC1c1cn(C)c2ccccc12. The molecule has 4 nitrogen and oxygen atoms in total. The summed E-state index contributed by atoms with van der Waals surface area (Å²) in [5.74, 6) is -1.35. The van der Waals surface area contributed by atoms with E-state index in [-0.39, 0.29) is 18.3 Å². The normalized spacial score (nSPS) is 22.7. The monoisotopic (exact) mass is 257 g/mol. The summed E-state index contributed by atoms with van der Waals surface area (Å²) in [6, 6.07) is 7.99. The number of aromatic nitrogens is 1. The van der Waals surface area contributed by atoms with Gasteiger partial charge in [0.25, 0.3) is 0 Å². The van der Waals surface area contributed by atoms with Gasteiger partial charge in [0.05, 0.1) is 6.61 Å². The van der Waals surface area contributed by atoms with E-state index in [0.29, 0.717) is 0 Å². The van der Waals surface area contributed by atoms with Crippen LogP contribution in [0.15, 0.2) is 30.5 Å². The number of hydrogen-bond donors (Lipinski definition) is 0. The maximum Gasteiger partial charge on any atom is 0.317 e. The summed E-state index contributed by atoms with van der Waals surface area (Å²) < 4.78 is 7.10. The Kier molecular flexibility index (Phi) is 2.66. The number of aryl methyl sites for hydroxylation is 1. The average molecular weight is 257 g/mol. The molecule has 1 aliphatic heterocycles. The molecule has 1 aromatic heterocycles. The molecule has 98 valence electrons. The van der Waals surface area contributed by atoms with Crippen LogP contribution in [0.3, 0.4) is 0 Å². The van der Waals surface area contributed by atoms with E-state index in [1.165, 1.54) is 6.92 Å². The van der Waals surface area contributed by atoms with Gasteiger partial charge in [0, 0.05) is 30.1 Å².